The molecule has 72 valence electrons. The average molecular weight is 189 g/mol. The third-order valence-corrected chi connectivity index (χ3v) is 3.92. The molecule has 0 spiro atoms. The molecule has 3 N–H and O–H groups in total. The van der Waals surface area contributed by atoms with E-state index >= 15 is 0 Å². The lowest BCUT2D eigenvalue weighted by atomic mass is 9.87. The molecule has 1 saturated carbocycles. The van der Waals surface area contributed by atoms with Crippen molar-refractivity contribution in [2.75, 3.05) is 12.4 Å². The maximum absolute atomic E-state index is 8.69. The summed E-state index contributed by atoms with van der Waals surface area (Å²) >= 11 is 1.83. The van der Waals surface area contributed by atoms with Crippen molar-refractivity contribution in [3.05, 3.63) is 0 Å². The third kappa shape index (κ3) is 2.96. The molecule has 2 nitrogen and oxygen atoms in total. The SMILES string of the molecule is CC1CCC(N)C(SCCO)C1. The summed E-state index contributed by atoms with van der Waals surface area (Å²) in [5, 5.41) is 9.27. The molecule has 1 aliphatic carbocycles. The second-order valence-corrected chi connectivity index (χ2v) is 5.06. The molecule has 3 atom stereocenters. The highest BCUT2D eigenvalue weighted by molar-refractivity contribution is 7.99. The van der Waals surface area contributed by atoms with Crippen molar-refractivity contribution >= 4 is 11.8 Å². The minimum absolute atomic E-state index is 0.280. The molecule has 0 radical (unpaired) electrons. The van der Waals surface area contributed by atoms with Crippen molar-refractivity contribution in [3.8, 4) is 0 Å². The number of aliphatic hydroxyl groups excluding tert-OH is 1. The zero-order valence-electron chi connectivity index (χ0n) is 7.70. The molecule has 0 heterocycles. The van der Waals surface area contributed by atoms with E-state index in [1.165, 1.54) is 12.8 Å². The third-order valence-electron chi connectivity index (χ3n) is 2.53. The van der Waals surface area contributed by atoms with E-state index in [4.69, 9.17) is 10.8 Å². The number of rotatable bonds is 3. The number of aliphatic hydroxyl groups is 1. The van der Waals surface area contributed by atoms with E-state index < -0.39 is 0 Å². The fourth-order valence-electron chi connectivity index (χ4n) is 1.75. The summed E-state index contributed by atoms with van der Waals surface area (Å²) < 4.78 is 0. The van der Waals surface area contributed by atoms with Crippen LogP contribution in [0.3, 0.4) is 0 Å². The Morgan fingerprint density at radius 3 is 2.92 bits per heavy atom. The normalized spacial score (nSPS) is 36.8. The van der Waals surface area contributed by atoms with Gasteiger partial charge in [0.2, 0.25) is 0 Å². The zero-order chi connectivity index (χ0) is 8.97. The van der Waals surface area contributed by atoms with Gasteiger partial charge in [0.05, 0.1) is 6.61 Å². The lowest BCUT2D eigenvalue weighted by molar-refractivity contribution is 0.320. The zero-order valence-corrected chi connectivity index (χ0v) is 8.52. The van der Waals surface area contributed by atoms with Crippen LogP contribution in [0.25, 0.3) is 0 Å². The number of hydrogen-bond acceptors (Lipinski definition) is 3. The Balaban J connectivity index is 2.28. The van der Waals surface area contributed by atoms with Gasteiger partial charge in [-0.25, -0.2) is 0 Å². The number of nitrogens with two attached hydrogens (primary N) is 1. The van der Waals surface area contributed by atoms with Gasteiger partial charge in [0.1, 0.15) is 0 Å². The molecule has 1 aliphatic rings. The molecule has 0 amide bonds. The molecular weight excluding hydrogens is 170 g/mol. The Morgan fingerprint density at radius 1 is 1.50 bits per heavy atom. The van der Waals surface area contributed by atoms with E-state index in [9.17, 15) is 0 Å². The molecule has 3 heteroatoms. The van der Waals surface area contributed by atoms with Crippen LogP contribution in [0.5, 0.6) is 0 Å². The van der Waals surface area contributed by atoms with Crippen LogP contribution in [-0.2, 0) is 0 Å². The predicted octanol–water partition coefficient (Wildman–Crippen LogP) is 1.23. The summed E-state index contributed by atoms with van der Waals surface area (Å²) in [7, 11) is 0. The summed E-state index contributed by atoms with van der Waals surface area (Å²) in [6.07, 6.45) is 3.66. The van der Waals surface area contributed by atoms with Crippen LogP contribution in [-0.4, -0.2) is 28.8 Å². The molecule has 0 saturated heterocycles. The highest BCUT2D eigenvalue weighted by atomic mass is 32.2. The van der Waals surface area contributed by atoms with Crippen LogP contribution >= 0.6 is 11.8 Å². The molecule has 1 fully saturated rings. The highest BCUT2D eigenvalue weighted by Crippen LogP contribution is 2.30. The van der Waals surface area contributed by atoms with Gasteiger partial charge in [-0.05, 0) is 25.2 Å². The van der Waals surface area contributed by atoms with Crippen molar-refractivity contribution in [3.63, 3.8) is 0 Å². The van der Waals surface area contributed by atoms with Gasteiger partial charge in [-0.1, -0.05) is 6.92 Å². The minimum Gasteiger partial charge on any atom is -0.396 e. The molecule has 0 aromatic carbocycles. The minimum atomic E-state index is 0.280. The van der Waals surface area contributed by atoms with Crippen LogP contribution in [0, 0.1) is 5.92 Å². The van der Waals surface area contributed by atoms with Gasteiger partial charge < -0.3 is 10.8 Å². The summed E-state index contributed by atoms with van der Waals surface area (Å²) in [5.74, 6) is 1.66. The van der Waals surface area contributed by atoms with Crippen LogP contribution in [0.4, 0.5) is 0 Å². The van der Waals surface area contributed by atoms with Crippen LogP contribution in [0.15, 0.2) is 0 Å². The van der Waals surface area contributed by atoms with Crippen molar-refractivity contribution in [1.82, 2.24) is 0 Å². The lowest BCUT2D eigenvalue weighted by Crippen LogP contribution is -2.38. The molecule has 3 unspecified atom stereocenters. The Kier molecular flexibility index (Phi) is 4.40. The van der Waals surface area contributed by atoms with Crippen molar-refractivity contribution in [2.24, 2.45) is 11.7 Å². The van der Waals surface area contributed by atoms with Gasteiger partial charge >= 0.3 is 0 Å². The molecule has 0 aromatic rings. The second-order valence-electron chi connectivity index (χ2n) is 3.71. The smallest absolute Gasteiger partial charge is 0.0521 e. The maximum Gasteiger partial charge on any atom is 0.0521 e. The first kappa shape index (κ1) is 10.4. The second kappa shape index (κ2) is 5.10. The first-order valence-electron chi connectivity index (χ1n) is 4.72. The van der Waals surface area contributed by atoms with E-state index in [-0.39, 0.29) is 6.61 Å². The van der Waals surface area contributed by atoms with Crippen molar-refractivity contribution in [2.45, 2.75) is 37.5 Å². The van der Waals surface area contributed by atoms with E-state index in [0.29, 0.717) is 11.3 Å². The average Bonchev–Trinajstić information content (AvgIpc) is 2.07. The Hall–Kier alpha value is 0.270. The fraction of sp³-hybridized carbons (Fsp3) is 1.00. The van der Waals surface area contributed by atoms with Crippen LogP contribution in [0.2, 0.25) is 0 Å². The Labute approximate surface area is 78.9 Å². The molecule has 0 aliphatic heterocycles. The van der Waals surface area contributed by atoms with Gasteiger partial charge in [-0.2, -0.15) is 11.8 Å². The number of hydrogen-bond donors (Lipinski definition) is 2. The molecule has 1 rings (SSSR count). The molecule has 0 bridgehead atoms. The highest BCUT2D eigenvalue weighted by Gasteiger charge is 2.25. The van der Waals surface area contributed by atoms with Gasteiger partial charge in [0.15, 0.2) is 0 Å². The summed E-state index contributed by atoms with van der Waals surface area (Å²) in [4.78, 5) is 0. The summed E-state index contributed by atoms with van der Waals surface area (Å²) in [6, 6.07) is 0.359. The molecule has 0 aromatic heterocycles. The van der Waals surface area contributed by atoms with Gasteiger partial charge in [0.25, 0.3) is 0 Å². The van der Waals surface area contributed by atoms with Crippen LogP contribution < -0.4 is 5.73 Å². The topological polar surface area (TPSA) is 46.2 Å². The Morgan fingerprint density at radius 2 is 2.25 bits per heavy atom. The lowest BCUT2D eigenvalue weighted by Gasteiger charge is -2.31. The standard InChI is InChI=1S/C9H19NOS/c1-7-2-3-8(10)9(6-7)12-5-4-11/h7-9,11H,2-6,10H2,1H3. The summed E-state index contributed by atoms with van der Waals surface area (Å²) in [5.41, 5.74) is 5.98. The van der Waals surface area contributed by atoms with Gasteiger partial charge in [-0.15, -0.1) is 0 Å². The largest absolute Gasteiger partial charge is 0.396 e. The van der Waals surface area contributed by atoms with Gasteiger partial charge in [0, 0.05) is 17.0 Å². The molecular formula is C9H19NOS. The number of thioether (sulfide) groups is 1. The van der Waals surface area contributed by atoms with E-state index in [1.54, 1.807) is 0 Å². The monoisotopic (exact) mass is 189 g/mol. The van der Waals surface area contributed by atoms with E-state index in [1.807, 2.05) is 11.8 Å². The quantitative estimate of drug-likeness (QED) is 0.702. The van der Waals surface area contributed by atoms with Crippen molar-refractivity contribution in [1.29, 1.82) is 0 Å². The van der Waals surface area contributed by atoms with E-state index in [0.717, 1.165) is 18.1 Å². The van der Waals surface area contributed by atoms with Crippen LogP contribution in [0.1, 0.15) is 26.2 Å². The maximum atomic E-state index is 8.69. The Bertz CT molecular complexity index is 132. The van der Waals surface area contributed by atoms with Gasteiger partial charge in [-0.3, -0.25) is 0 Å². The predicted molar refractivity (Wildman–Crippen MR) is 54.3 cm³/mol. The molecule has 12 heavy (non-hydrogen) atoms. The van der Waals surface area contributed by atoms with Crippen molar-refractivity contribution < 1.29 is 5.11 Å². The fourth-order valence-corrected chi connectivity index (χ4v) is 3.00. The summed E-state index contributed by atoms with van der Waals surface area (Å²) in [6.45, 7) is 2.57. The first-order valence-corrected chi connectivity index (χ1v) is 5.77. The van der Waals surface area contributed by atoms with E-state index in [2.05, 4.69) is 6.92 Å². The first-order chi connectivity index (χ1) is 5.74.